The van der Waals surface area contributed by atoms with Gasteiger partial charge in [-0.25, -0.2) is 4.79 Å². The normalized spacial score (nSPS) is 10.8. The minimum atomic E-state index is -0.686. The van der Waals surface area contributed by atoms with Gasteiger partial charge in [0.05, 0.1) is 4.47 Å². The molecule has 0 atom stereocenters. The van der Waals surface area contributed by atoms with Crippen molar-refractivity contribution in [1.29, 1.82) is 0 Å². The van der Waals surface area contributed by atoms with Crippen molar-refractivity contribution < 1.29 is 9.21 Å². The zero-order valence-corrected chi connectivity index (χ0v) is 17.6. The molecule has 138 valence electrons. The molecule has 0 saturated carbocycles. The molecule has 0 fully saturated rings. The third kappa shape index (κ3) is 3.79. The molecule has 4 aromatic rings. The van der Waals surface area contributed by atoms with Gasteiger partial charge in [0, 0.05) is 15.5 Å². The maximum Gasteiger partial charge on any atom is 0.349 e. The fraction of sp³-hybridized carbons (Fsp3) is 0. The number of rotatable bonds is 3. The number of halogens is 2. The van der Waals surface area contributed by atoms with Crippen molar-refractivity contribution in [3.8, 4) is 11.1 Å². The molecule has 0 radical (unpaired) electrons. The van der Waals surface area contributed by atoms with Gasteiger partial charge in [-0.15, -0.1) is 0 Å². The highest BCUT2D eigenvalue weighted by Gasteiger charge is 2.15. The number of hydrogen-bond donors (Lipinski definition) is 1. The Balaban J connectivity index is 1.62. The summed E-state index contributed by atoms with van der Waals surface area (Å²) >= 11 is 6.75. The van der Waals surface area contributed by atoms with E-state index in [2.05, 4.69) is 37.2 Å². The molecule has 3 aromatic carbocycles. The maximum absolute atomic E-state index is 12.6. The molecule has 0 aliphatic rings. The number of nitrogens with one attached hydrogen (secondary N) is 1. The topological polar surface area (TPSA) is 59.3 Å². The van der Waals surface area contributed by atoms with E-state index in [0.29, 0.717) is 21.1 Å². The second-order valence-corrected chi connectivity index (χ2v) is 7.92. The Bertz CT molecular complexity index is 1230. The lowest BCUT2D eigenvalue weighted by Gasteiger charge is -2.08. The van der Waals surface area contributed by atoms with E-state index in [1.807, 2.05) is 42.5 Å². The van der Waals surface area contributed by atoms with Crippen molar-refractivity contribution in [2.24, 2.45) is 0 Å². The lowest BCUT2D eigenvalue weighted by atomic mass is 10.1. The summed E-state index contributed by atoms with van der Waals surface area (Å²) in [6.45, 7) is 0. The van der Waals surface area contributed by atoms with Crippen LogP contribution in [0.4, 0.5) is 5.69 Å². The second kappa shape index (κ2) is 7.73. The largest absolute Gasteiger partial charge is 0.421 e. The van der Waals surface area contributed by atoms with Crippen molar-refractivity contribution in [3.05, 3.63) is 97.7 Å². The molecule has 1 amide bonds. The molecule has 0 aliphatic heterocycles. The van der Waals surface area contributed by atoms with Crippen LogP contribution in [0.15, 0.2) is 91.0 Å². The fourth-order valence-electron chi connectivity index (χ4n) is 2.89. The fourth-order valence-corrected chi connectivity index (χ4v) is 4.23. The van der Waals surface area contributed by atoms with Gasteiger partial charge in [0.1, 0.15) is 5.56 Å². The number of benzene rings is 3. The van der Waals surface area contributed by atoms with Crippen LogP contribution in [0.5, 0.6) is 0 Å². The third-order valence-corrected chi connectivity index (χ3v) is 5.29. The Morgan fingerprint density at radius 1 is 0.857 bits per heavy atom. The quantitative estimate of drug-likeness (QED) is 0.340. The van der Waals surface area contributed by atoms with Crippen molar-refractivity contribution in [1.82, 2.24) is 0 Å². The summed E-state index contributed by atoms with van der Waals surface area (Å²) in [4.78, 5) is 24.9. The molecule has 1 N–H and O–H groups in total. The van der Waals surface area contributed by atoms with Crippen LogP contribution in [-0.2, 0) is 0 Å². The molecule has 4 rings (SSSR count). The first-order valence-corrected chi connectivity index (χ1v) is 9.99. The predicted molar refractivity (Wildman–Crippen MR) is 118 cm³/mol. The number of hydrogen-bond acceptors (Lipinski definition) is 3. The highest BCUT2D eigenvalue weighted by Crippen LogP contribution is 2.28. The maximum atomic E-state index is 12.6. The monoisotopic (exact) mass is 497 g/mol. The summed E-state index contributed by atoms with van der Waals surface area (Å²) in [5.41, 5.74) is 2.39. The highest BCUT2D eigenvalue weighted by molar-refractivity contribution is 9.11. The predicted octanol–water partition coefficient (Wildman–Crippen LogP) is 6.24. The zero-order chi connectivity index (χ0) is 19.7. The first-order chi connectivity index (χ1) is 13.5. The van der Waals surface area contributed by atoms with Gasteiger partial charge in [-0.05, 0) is 57.4 Å². The third-order valence-electron chi connectivity index (χ3n) is 4.25. The number of anilines is 1. The van der Waals surface area contributed by atoms with E-state index in [4.69, 9.17) is 4.42 Å². The standard InChI is InChI=1S/C22H13Br2NO3/c23-16-10-15-11-18(22(27)28-20(15)19(24)12-16)21(26)25-17-8-6-14(7-9-17)13-4-2-1-3-5-13/h1-12H,(H,25,26). The molecule has 0 aliphatic carbocycles. The van der Waals surface area contributed by atoms with Gasteiger partial charge in [-0.2, -0.15) is 0 Å². The minimum Gasteiger partial charge on any atom is -0.421 e. The summed E-state index contributed by atoms with van der Waals surface area (Å²) in [5, 5.41) is 3.39. The average Bonchev–Trinajstić information content (AvgIpc) is 2.69. The SMILES string of the molecule is O=C(Nc1ccc(-c2ccccc2)cc1)c1cc2cc(Br)cc(Br)c2oc1=O. The molecule has 0 spiro atoms. The second-order valence-electron chi connectivity index (χ2n) is 6.15. The smallest absolute Gasteiger partial charge is 0.349 e. The summed E-state index contributed by atoms with van der Waals surface area (Å²) in [6.07, 6.45) is 0. The average molecular weight is 499 g/mol. The van der Waals surface area contributed by atoms with E-state index in [1.54, 1.807) is 24.3 Å². The van der Waals surface area contributed by atoms with Crippen LogP contribution in [0.1, 0.15) is 10.4 Å². The zero-order valence-electron chi connectivity index (χ0n) is 14.4. The summed E-state index contributed by atoms with van der Waals surface area (Å²) in [7, 11) is 0. The van der Waals surface area contributed by atoms with E-state index >= 15 is 0 Å². The molecule has 0 saturated heterocycles. The lowest BCUT2D eigenvalue weighted by molar-refractivity contribution is 0.102. The van der Waals surface area contributed by atoms with Gasteiger partial charge in [0.25, 0.3) is 5.91 Å². The van der Waals surface area contributed by atoms with Gasteiger partial charge in [-0.1, -0.05) is 58.4 Å². The van der Waals surface area contributed by atoms with Gasteiger partial charge >= 0.3 is 5.63 Å². The molecule has 1 heterocycles. The van der Waals surface area contributed by atoms with E-state index in [-0.39, 0.29) is 5.56 Å². The van der Waals surface area contributed by atoms with Crippen LogP contribution in [-0.4, -0.2) is 5.91 Å². The van der Waals surface area contributed by atoms with Crippen LogP contribution in [0, 0.1) is 0 Å². The van der Waals surface area contributed by atoms with Gasteiger partial charge < -0.3 is 9.73 Å². The van der Waals surface area contributed by atoms with Crippen molar-refractivity contribution in [2.45, 2.75) is 0 Å². The first kappa shape index (κ1) is 18.7. The van der Waals surface area contributed by atoms with E-state index in [1.165, 1.54) is 6.07 Å². The van der Waals surface area contributed by atoms with Gasteiger partial charge in [0.2, 0.25) is 0 Å². The Morgan fingerprint density at radius 3 is 2.25 bits per heavy atom. The van der Waals surface area contributed by atoms with E-state index in [0.717, 1.165) is 15.6 Å². The van der Waals surface area contributed by atoms with Crippen molar-refractivity contribution in [3.63, 3.8) is 0 Å². The van der Waals surface area contributed by atoms with Gasteiger partial charge in [0.15, 0.2) is 5.58 Å². The molecular weight excluding hydrogens is 486 g/mol. The summed E-state index contributed by atoms with van der Waals surface area (Å²) in [5.74, 6) is -0.515. The first-order valence-electron chi connectivity index (χ1n) is 8.41. The number of fused-ring (bicyclic) bond motifs is 1. The van der Waals surface area contributed by atoms with Crippen LogP contribution in [0.25, 0.3) is 22.1 Å². The van der Waals surface area contributed by atoms with Crippen molar-refractivity contribution >= 4 is 54.4 Å². The molecule has 0 bridgehead atoms. The molecule has 1 aromatic heterocycles. The van der Waals surface area contributed by atoms with Crippen LogP contribution < -0.4 is 10.9 Å². The number of carbonyl (C=O) groups excluding carboxylic acids is 1. The number of carbonyl (C=O) groups is 1. The lowest BCUT2D eigenvalue weighted by Crippen LogP contribution is -2.20. The van der Waals surface area contributed by atoms with Crippen LogP contribution in [0.2, 0.25) is 0 Å². The molecular formula is C22H13Br2NO3. The number of amides is 1. The van der Waals surface area contributed by atoms with E-state index in [9.17, 15) is 9.59 Å². The molecule has 28 heavy (non-hydrogen) atoms. The minimum absolute atomic E-state index is 0.0513. The molecule has 0 unspecified atom stereocenters. The van der Waals surface area contributed by atoms with Crippen molar-refractivity contribution in [2.75, 3.05) is 5.32 Å². The summed E-state index contributed by atoms with van der Waals surface area (Å²) < 4.78 is 6.78. The Hall–Kier alpha value is -2.70. The Kier molecular flexibility index (Phi) is 5.15. The Morgan fingerprint density at radius 2 is 1.54 bits per heavy atom. The summed E-state index contributed by atoms with van der Waals surface area (Å²) in [6, 6.07) is 22.5. The highest BCUT2D eigenvalue weighted by atomic mass is 79.9. The molecule has 6 heteroatoms. The van der Waals surface area contributed by atoms with Crippen LogP contribution >= 0.6 is 31.9 Å². The molecule has 4 nitrogen and oxygen atoms in total. The van der Waals surface area contributed by atoms with E-state index < -0.39 is 11.5 Å². The van der Waals surface area contributed by atoms with Crippen LogP contribution in [0.3, 0.4) is 0 Å². The Labute approximate surface area is 177 Å². The van der Waals surface area contributed by atoms with Gasteiger partial charge in [-0.3, -0.25) is 4.79 Å².